The Morgan fingerprint density at radius 1 is 1.10 bits per heavy atom. The van der Waals surface area contributed by atoms with E-state index in [-0.39, 0.29) is 0 Å². The number of hydrogen-bond donors (Lipinski definition) is 1. The van der Waals surface area contributed by atoms with Crippen molar-refractivity contribution >= 4 is 29.5 Å². The molecule has 0 bridgehead atoms. The zero-order valence-electron chi connectivity index (χ0n) is 10.8. The highest BCUT2D eigenvalue weighted by molar-refractivity contribution is 5.95. The lowest BCUT2D eigenvalue weighted by Crippen LogP contribution is -2.15. The highest BCUT2D eigenvalue weighted by Gasteiger charge is 2.26. The van der Waals surface area contributed by atoms with Gasteiger partial charge in [0.1, 0.15) is 0 Å². The third-order valence-electron chi connectivity index (χ3n) is 4.03. The first-order valence-electron chi connectivity index (χ1n) is 6.69. The van der Waals surface area contributed by atoms with Gasteiger partial charge in [0.15, 0.2) is 0 Å². The van der Waals surface area contributed by atoms with Crippen LogP contribution in [0.1, 0.15) is 27.0 Å². The molecule has 3 heteroatoms. The molecule has 3 nitrogen and oxygen atoms in total. The van der Waals surface area contributed by atoms with Gasteiger partial charge in [0, 0.05) is 12.2 Å². The number of hydrogen-bond acceptors (Lipinski definition) is 2. The number of carbonyl (C=O) groups is 1. The van der Waals surface area contributed by atoms with Crippen LogP contribution in [0.15, 0.2) is 36.4 Å². The first kappa shape index (κ1) is 11.3. The molecule has 0 fully saturated rings. The quantitative estimate of drug-likeness (QED) is 0.855. The van der Waals surface area contributed by atoms with Crippen LogP contribution in [0, 0.1) is 0 Å². The van der Waals surface area contributed by atoms with Crippen molar-refractivity contribution in [1.29, 1.82) is 0 Å². The molecule has 0 aromatic heterocycles. The molecule has 4 rings (SSSR count). The van der Waals surface area contributed by atoms with E-state index in [0.29, 0.717) is 5.56 Å². The number of nitrogens with zero attached hydrogens (tertiary/aromatic N) is 1. The minimum absolute atomic E-state index is 0.332. The minimum Gasteiger partial charge on any atom is -0.478 e. The molecular formula is C17H13NO2. The molecule has 2 aromatic rings. The first-order valence-corrected chi connectivity index (χ1v) is 6.69. The fourth-order valence-electron chi connectivity index (χ4n) is 3.11. The Hall–Kier alpha value is -2.55. The Morgan fingerprint density at radius 2 is 1.95 bits per heavy atom. The normalized spacial score (nSPS) is 14.7. The summed E-state index contributed by atoms with van der Waals surface area (Å²) in [5.41, 5.74) is 6.23. The number of fused-ring (bicyclic) bond motifs is 2. The molecule has 0 radical (unpaired) electrons. The largest absolute Gasteiger partial charge is 0.478 e. The highest BCUT2D eigenvalue weighted by atomic mass is 16.4. The van der Waals surface area contributed by atoms with Gasteiger partial charge in [-0.25, -0.2) is 4.79 Å². The van der Waals surface area contributed by atoms with Gasteiger partial charge in [-0.3, -0.25) is 0 Å². The lowest BCUT2D eigenvalue weighted by molar-refractivity contribution is 0.0697. The van der Waals surface area contributed by atoms with Crippen molar-refractivity contribution in [2.24, 2.45) is 0 Å². The van der Waals surface area contributed by atoms with Crippen LogP contribution >= 0.6 is 0 Å². The van der Waals surface area contributed by atoms with Crippen LogP contribution in [0.25, 0.3) is 12.2 Å². The number of benzene rings is 2. The van der Waals surface area contributed by atoms with Crippen molar-refractivity contribution < 1.29 is 9.90 Å². The Morgan fingerprint density at radius 3 is 2.80 bits per heavy atom. The van der Waals surface area contributed by atoms with Gasteiger partial charge in [-0.2, -0.15) is 0 Å². The zero-order valence-corrected chi connectivity index (χ0v) is 10.8. The second-order valence-corrected chi connectivity index (χ2v) is 5.17. The monoisotopic (exact) mass is 263 g/mol. The molecule has 98 valence electrons. The summed E-state index contributed by atoms with van der Waals surface area (Å²) in [5.74, 6) is -0.884. The Kier molecular flexibility index (Phi) is 2.24. The summed E-state index contributed by atoms with van der Waals surface area (Å²) in [6.45, 7) is 0.952. The maximum atomic E-state index is 11.1. The molecule has 0 unspecified atom stereocenters. The molecule has 2 aromatic carbocycles. The summed E-state index contributed by atoms with van der Waals surface area (Å²) in [5, 5.41) is 9.13. The summed E-state index contributed by atoms with van der Waals surface area (Å²) < 4.78 is 0. The zero-order chi connectivity index (χ0) is 13.7. The Bertz CT molecular complexity index is 762. The molecule has 2 aliphatic rings. The number of para-hydroxylation sites is 1. The van der Waals surface area contributed by atoms with Gasteiger partial charge in [0.05, 0.1) is 11.3 Å². The number of carboxylic acids is 1. The van der Waals surface area contributed by atoms with Gasteiger partial charge in [-0.15, -0.1) is 0 Å². The van der Waals surface area contributed by atoms with E-state index in [1.807, 2.05) is 12.1 Å². The van der Waals surface area contributed by atoms with Gasteiger partial charge in [0.25, 0.3) is 0 Å². The molecule has 0 aliphatic carbocycles. The summed E-state index contributed by atoms with van der Waals surface area (Å²) >= 11 is 0. The van der Waals surface area contributed by atoms with E-state index in [0.717, 1.165) is 24.2 Å². The van der Waals surface area contributed by atoms with Crippen molar-refractivity contribution in [3.8, 4) is 0 Å². The summed E-state index contributed by atoms with van der Waals surface area (Å²) in [6, 6.07) is 11.7. The third-order valence-corrected chi connectivity index (χ3v) is 4.03. The smallest absolute Gasteiger partial charge is 0.335 e. The molecule has 0 amide bonds. The van der Waals surface area contributed by atoms with E-state index in [2.05, 4.69) is 29.2 Å². The topological polar surface area (TPSA) is 40.5 Å². The van der Waals surface area contributed by atoms with E-state index >= 15 is 0 Å². The lowest BCUT2D eigenvalue weighted by atomic mass is 10.1. The van der Waals surface area contributed by atoms with E-state index in [4.69, 9.17) is 5.11 Å². The van der Waals surface area contributed by atoms with E-state index in [9.17, 15) is 4.79 Å². The van der Waals surface area contributed by atoms with Gasteiger partial charge in [0.2, 0.25) is 0 Å². The molecule has 0 saturated carbocycles. The number of rotatable bonds is 1. The van der Waals surface area contributed by atoms with Crippen molar-refractivity contribution in [1.82, 2.24) is 0 Å². The Balaban J connectivity index is 1.95. The standard InChI is InChI=1S/C17H13NO2/c19-17(20)14-6-7-15-13(10-14)5-4-11-2-1-3-12-8-9-18(15)16(11)12/h1-7,10H,8-9H2,(H,19,20). The van der Waals surface area contributed by atoms with Crippen LogP contribution in [-0.2, 0) is 6.42 Å². The maximum absolute atomic E-state index is 11.1. The minimum atomic E-state index is -0.884. The summed E-state index contributed by atoms with van der Waals surface area (Å²) in [4.78, 5) is 13.4. The SMILES string of the molecule is O=C(O)c1ccc2c(c1)C=Cc1cccc3c1N2CC3. The fourth-order valence-corrected chi connectivity index (χ4v) is 3.11. The first-order chi connectivity index (χ1) is 9.74. The van der Waals surface area contributed by atoms with Crippen LogP contribution in [0.5, 0.6) is 0 Å². The fraction of sp³-hybridized carbons (Fsp3) is 0.118. The molecule has 20 heavy (non-hydrogen) atoms. The number of anilines is 2. The van der Waals surface area contributed by atoms with Gasteiger partial charge < -0.3 is 10.0 Å². The van der Waals surface area contributed by atoms with Crippen LogP contribution in [0.4, 0.5) is 11.4 Å². The van der Waals surface area contributed by atoms with Crippen molar-refractivity contribution in [3.63, 3.8) is 0 Å². The molecular weight excluding hydrogens is 250 g/mol. The molecule has 0 saturated heterocycles. The lowest BCUT2D eigenvalue weighted by Gasteiger charge is -2.22. The molecule has 0 atom stereocenters. The third kappa shape index (κ3) is 1.50. The molecule has 2 aliphatic heterocycles. The predicted molar refractivity (Wildman–Crippen MR) is 79.5 cm³/mol. The second-order valence-electron chi connectivity index (χ2n) is 5.17. The molecule has 0 spiro atoms. The number of carboxylic acid groups (broad SMARTS) is 1. The van der Waals surface area contributed by atoms with Crippen LogP contribution in [0.2, 0.25) is 0 Å². The molecule has 1 N–H and O–H groups in total. The number of aromatic carboxylic acids is 1. The average Bonchev–Trinajstić information content (AvgIpc) is 2.81. The summed E-state index contributed by atoms with van der Waals surface area (Å²) in [7, 11) is 0. The van der Waals surface area contributed by atoms with E-state index < -0.39 is 5.97 Å². The van der Waals surface area contributed by atoms with Crippen molar-refractivity contribution in [3.05, 3.63) is 58.7 Å². The summed E-state index contributed by atoms with van der Waals surface area (Å²) in [6.07, 6.45) is 5.13. The Labute approximate surface area is 116 Å². The van der Waals surface area contributed by atoms with E-state index in [1.165, 1.54) is 16.8 Å². The van der Waals surface area contributed by atoms with Crippen LogP contribution in [0.3, 0.4) is 0 Å². The van der Waals surface area contributed by atoms with Gasteiger partial charge in [-0.05, 0) is 41.3 Å². The van der Waals surface area contributed by atoms with E-state index in [1.54, 1.807) is 12.1 Å². The van der Waals surface area contributed by atoms with Gasteiger partial charge >= 0.3 is 5.97 Å². The van der Waals surface area contributed by atoms with Gasteiger partial charge in [-0.1, -0.05) is 30.4 Å². The highest BCUT2D eigenvalue weighted by Crippen LogP contribution is 2.42. The second kappa shape index (κ2) is 3.97. The van der Waals surface area contributed by atoms with Crippen molar-refractivity contribution in [2.75, 3.05) is 11.4 Å². The predicted octanol–water partition coefficient (Wildman–Crippen LogP) is 3.56. The average molecular weight is 263 g/mol. The maximum Gasteiger partial charge on any atom is 0.335 e. The molecule has 2 heterocycles. The van der Waals surface area contributed by atoms with Crippen molar-refractivity contribution in [2.45, 2.75) is 6.42 Å². The van der Waals surface area contributed by atoms with Crippen LogP contribution in [-0.4, -0.2) is 17.6 Å². The van der Waals surface area contributed by atoms with Crippen LogP contribution < -0.4 is 4.90 Å².